The lowest BCUT2D eigenvalue weighted by molar-refractivity contribution is -0.144. The van der Waals surface area contributed by atoms with E-state index in [4.69, 9.17) is 4.74 Å². The first-order valence-corrected chi connectivity index (χ1v) is 7.85. The quantitative estimate of drug-likeness (QED) is 0.811. The molecule has 1 aromatic heterocycles. The summed E-state index contributed by atoms with van der Waals surface area (Å²) >= 11 is 0. The van der Waals surface area contributed by atoms with Gasteiger partial charge in [-0.3, -0.25) is 9.78 Å². The molecule has 0 spiro atoms. The molecule has 1 saturated carbocycles. The third-order valence-electron chi connectivity index (χ3n) is 4.14. The van der Waals surface area contributed by atoms with Gasteiger partial charge in [-0.25, -0.2) is 0 Å². The van der Waals surface area contributed by atoms with Crippen molar-refractivity contribution in [2.45, 2.75) is 31.7 Å². The van der Waals surface area contributed by atoms with Gasteiger partial charge in [-0.05, 0) is 37.8 Å². The summed E-state index contributed by atoms with van der Waals surface area (Å²) in [5, 5.41) is 3.19. The highest BCUT2D eigenvalue weighted by atomic mass is 35.5. The molecule has 3 rings (SSSR count). The van der Waals surface area contributed by atoms with Gasteiger partial charge in [0.1, 0.15) is 0 Å². The Morgan fingerprint density at radius 1 is 1.32 bits per heavy atom. The standard InChI is InChI=1S/C16H23N3O2.ClH/c20-16(10-18-14-3-4-14)21-12-13-2-1-9-19(11-13)15-5-7-17-8-6-15;/h5-8,13-14,18H,1-4,9-12H2;1H. The molecule has 1 saturated heterocycles. The Hall–Kier alpha value is -1.33. The number of piperidine rings is 1. The Kier molecular flexibility index (Phi) is 6.46. The van der Waals surface area contributed by atoms with Gasteiger partial charge in [-0.2, -0.15) is 0 Å². The first-order chi connectivity index (χ1) is 10.3. The number of aromatic nitrogens is 1. The molecule has 2 aliphatic rings. The third-order valence-corrected chi connectivity index (χ3v) is 4.14. The van der Waals surface area contributed by atoms with Crippen LogP contribution >= 0.6 is 12.4 Å². The molecule has 22 heavy (non-hydrogen) atoms. The summed E-state index contributed by atoms with van der Waals surface area (Å²) in [4.78, 5) is 18.1. The number of nitrogens with zero attached hydrogens (tertiary/aromatic N) is 2. The van der Waals surface area contributed by atoms with E-state index < -0.39 is 0 Å². The van der Waals surface area contributed by atoms with Crippen LogP contribution in [-0.2, 0) is 9.53 Å². The molecule has 0 aromatic carbocycles. The van der Waals surface area contributed by atoms with Crippen molar-refractivity contribution in [2.24, 2.45) is 5.92 Å². The van der Waals surface area contributed by atoms with Crippen molar-refractivity contribution < 1.29 is 9.53 Å². The van der Waals surface area contributed by atoms with Crippen LogP contribution in [-0.4, -0.2) is 43.2 Å². The second kappa shape index (κ2) is 8.34. The van der Waals surface area contributed by atoms with Gasteiger partial charge in [0.15, 0.2) is 0 Å². The minimum Gasteiger partial charge on any atom is -0.464 e. The molecule has 0 radical (unpaired) electrons. The first-order valence-electron chi connectivity index (χ1n) is 7.85. The summed E-state index contributed by atoms with van der Waals surface area (Å²) in [6.07, 6.45) is 8.30. The molecule has 6 heteroatoms. The number of esters is 1. The van der Waals surface area contributed by atoms with Gasteiger partial charge in [0.2, 0.25) is 0 Å². The van der Waals surface area contributed by atoms with Crippen LogP contribution in [0.4, 0.5) is 5.69 Å². The van der Waals surface area contributed by atoms with Crippen molar-refractivity contribution in [3.63, 3.8) is 0 Å². The molecular formula is C16H24ClN3O2. The SMILES string of the molecule is Cl.O=C(CNC1CC1)OCC1CCCN(c2ccncc2)C1. The number of pyridine rings is 1. The highest BCUT2D eigenvalue weighted by Gasteiger charge is 2.23. The number of carbonyl (C=O) groups excluding carboxylic acids is 1. The van der Waals surface area contributed by atoms with Crippen LogP contribution in [0, 0.1) is 5.92 Å². The van der Waals surface area contributed by atoms with E-state index in [0.717, 1.165) is 25.9 Å². The Balaban J connectivity index is 0.00000176. The maximum atomic E-state index is 11.7. The molecule has 1 aliphatic heterocycles. The third kappa shape index (κ3) is 5.14. The molecule has 1 unspecified atom stereocenters. The smallest absolute Gasteiger partial charge is 0.319 e. The number of nitrogens with one attached hydrogen (secondary N) is 1. The lowest BCUT2D eigenvalue weighted by Crippen LogP contribution is -2.38. The van der Waals surface area contributed by atoms with E-state index in [1.165, 1.54) is 18.5 Å². The zero-order chi connectivity index (χ0) is 14.5. The van der Waals surface area contributed by atoms with Crippen LogP contribution < -0.4 is 10.2 Å². The van der Waals surface area contributed by atoms with Crippen LogP contribution in [0.25, 0.3) is 0 Å². The zero-order valence-corrected chi connectivity index (χ0v) is 13.6. The summed E-state index contributed by atoms with van der Waals surface area (Å²) in [6, 6.07) is 4.62. The van der Waals surface area contributed by atoms with Crippen LogP contribution in [0.3, 0.4) is 0 Å². The molecule has 1 aromatic rings. The largest absolute Gasteiger partial charge is 0.464 e. The van der Waals surface area contributed by atoms with Gasteiger partial charge >= 0.3 is 5.97 Å². The molecule has 0 bridgehead atoms. The molecule has 1 atom stereocenters. The normalized spacial score (nSPS) is 21.1. The molecule has 0 amide bonds. The van der Waals surface area contributed by atoms with Crippen molar-refractivity contribution in [3.8, 4) is 0 Å². The lowest BCUT2D eigenvalue weighted by atomic mass is 9.98. The van der Waals surface area contributed by atoms with Crippen LogP contribution in [0.15, 0.2) is 24.5 Å². The molecule has 1 aliphatic carbocycles. The predicted molar refractivity (Wildman–Crippen MR) is 88.4 cm³/mol. The zero-order valence-electron chi connectivity index (χ0n) is 12.7. The van der Waals surface area contributed by atoms with Gasteiger partial charge < -0.3 is 15.0 Å². The number of halogens is 1. The van der Waals surface area contributed by atoms with Gasteiger partial charge in [0.05, 0.1) is 13.2 Å². The van der Waals surface area contributed by atoms with E-state index in [2.05, 4.69) is 15.2 Å². The van der Waals surface area contributed by atoms with Crippen LogP contribution in [0.5, 0.6) is 0 Å². The fraction of sp³-hybridized carbons (Fsp3) is 0.625. The predicted octanol–water partition coefficient (Wildman–Crippen LogP) is 2.01. The van der Waals surface area contributed by atoms with Crippen molar-refractivity contribution in [1.82, 2.24) is 10.3 Å². The number of rotatable bonds is 6. The molecule has 1 N–H and O–H groups in total. The van der Waals surface area contributed by atoms with E-state index in [0.29, 0.717) is 25.1 Å². The van der Waals surface area contributed by atoms with Crippen molar-refractivity contribution >= 4 is 24.1 Å². The van der Waals surface area contributed by atoms with Crippen LogP contribution in [0.1, 0.15) is 25.7 Å². The lowest BCUT2D eigenvalue weighted by Gasteiger charge is -2.34. The Morgan fingerprint density at radius 2 is 2.09 bits per heavy atom. The Bertz CT molecular complexity index is 468. The molecule has 2 heterocycles. The second-order valence-electron chi connectivity index (χ2n) is 6.00. The fourth-order valence-electron chi connectivity index (χ4n) is 2.77. The second-order valence-corrected chi connectivity index (χ2v) is 6.00. The average molecular weight is 326 g/mol. The molecule has 2 fully saturated rings. The van der Waals surface area contributed by atoms with Gasteiger partial charge in [-0.15, -0.1) is 12.4 Å². The number of carbonyl (C=O) groups is 1. The van der Waals surface area contributed by atoms with Gasteiger partial charge in [0, 0.05) is 43.1 Å². The summed E-state index contributed by atoms with van der Waals surface area (Å²) in [7, 11) is 0. The van der Waals surface area contributed by atoms with Crippen molar-refractivity contribution in [2.75, 3.05) is 31.1 Å². The maximum absolute atomic E-state index is 11.7. The Labute approximate surface area is 137 Å². The number of ether oxygens (including phenoxy) is 1. The average Bonchev–Trinajstić information content (AvgIpc) is 3.36. The van der Waals surface area contributed by atoms with Gasteiger partial charge in [0.25, 0.3) is 0 Å². The molecule has 5 nitrogen and oxygen atoms in total. The van der Waals surface area contributed by atoms with Crippen molar-refractivity contribution in [1.29, 1.82) is 0 Å². The highest BCUT2D eigenvalue weighted by Crippen LogP contribution is 2.22. The van der Waals surface area contributed by atoms with Crippen LogP contribution in [0.2, 0.25) is 0 Å². The minimum atomic E-state index is -0.122. The highest BCUT2D eigenvalue weighted by molar-refractivity contribution is 5.85. The van der Waals surface area contributed by atoms with E-state index in [1.54, 1.807) is 0 Å². The topological polar surface area (TPSA) is 54.5 Å². The van der Waals surface area contributed by atoms with E-state index >= 15 is 0 Å². The summed E-state index contributed by atoms with van der Waals surface area (Å²) < 4.78 is 5.40. The fourth-order valence-corrected chi connectivity index (χ4v) is 2.77. The summed E-state index contributed by atoms with van der Waals surface area (Å²) in [6.45, 7) is 2.91. The summed E-state index contributed by atoms with van der Waals surface area (Å²) in [5.41, 5.74) is 1.21. The monoisotopic (exact) mass is 325 g/mol. The number of anilines is 1. The van der Waals surface area contributed by atoms with E-state index in [-0.39, 0.29) is 18.4 Å². The van der Waals surface area contributed by atoms with Gasteiger partial charge in [-0.1, -0.05) is 0 Å². The maximum Gasteiger partial charge on any atom is 0.319 e. The van der Waals surface area contributed by atoms with Crippen molar-refractivity contribution in [3.05, 3.63) is 24.5 Å². The summed E-state index contributed by atoms with van der Waals surface area (Å²) in [5.74, 6) is 0.305. The minimum absolute atomic E-state index is 0. The molecular weight excluding hydrogens is 302 g/mol. The number of hydrogen-bond donors (Lipinski definition) is 1. The Morgan fingerprint density at radius 3 is 2.82 bits per heavy atom. The first kappa shape index (κ1) is 17.0. The van der Waals surface area contributed by atoms with E-state index in [9.17, 15) is 4.79 Å². The van der Waals surface area contributed by atoms with E-state index in [1.807, 2.05) is 24.5 Å². The number of hydrogen-bond acceptors (Lipinski definition) is 5. The molecule has 122 valence electrons.